The number of nitrogens with one attached hydrogen (secondary N) is 1. The van der Waals surface area contributed by atoms with Crippen molar-refractivity contribution < 1.29 is 4.79 Å². The van der Waals surface area contributed by atoms with E-state index in [0.29, 0.717) is 21.4 Å². The van der Waals surface area contributed by atoms with Gasteiger partial charge in [0.2, 0.25) is 0 Å². The van der Waals surface area contributed by atoms with E-state index >= 15 is 0 Å². The Balaban J connectivity index is 2.19. The van der Waals surface area contributed by atoms with Crippen LogP contribution in [0.3, 0.4) is 0 Å². The number of amides is 1. The Bertz CT molecular complexity index is 604. The van der Waals surface area contributed by atoms with Crippen LogP contribution < -0.4 is 5.32 Å². The summed E-state index contributed by atoms with van der Waals surface area (Å²) in [4.78, 5) is 19.4. The van der Waals surface area contributed by atoms with Gasteiger partial charge in [-0.05, 0) is 18.2 Å². The largest absolute Gasteiger partial charge is 0.306 e. The highest BCUT2D eigenvalue weighted by atomic mass is 35.5. The maximum absolute atomic E-state index is 11.9. The van der Waals surface area contributed by atoms with Crippen LogP contribution in [0.1, 0.15) is 10.4 Å². The van der Waals surface area contributed by atoms with E-state index in [4.69, 9.17) is 34.8 Å². The molecule has 4 nitrogen and oxygen atoms in total. The molecule has 0 unspecified atom stereocenters. The van der Waals surface area contributed by atoms with Crippen LogP contribution in [0.25, 0.3) is 0 Å². The predicted octanol–water partition coefficient (Wildman–Crippen LogP) is 3.69. The summed E-state index contributed by atoms with van der Waals surface area (Å²) in [5.74, 6) is -0.0468. The SMILES string of the molecule is O=C(Nc1cc(Cl)ncn1)c1ccc(Cl)c(Cl)c1. The first kappa shape index (κ1) is 13.1. The maximum atomic E-state index is 11.9. The number of hydrogen-bond acceptors (Lipinski definition) is 3. The molecular weight excluding hydrogens is 296 g/mol. The second kappa shape index (κ2) is 5.52. The predicted molar refractivity (Wildman–Crippen MR) is 71.5 cm³/mol. The third-order valence-corrected chi connectivity index (χ3v) is 3.00. The van der Waals surface area contributed by atoms with E-state index in [0.717, 1.165) is 0 Å². The molecule has 0 spiro atoms. The number of anilines is 1. The molecule has 0 atom stereocenters. The molecule has 0 aliphatic carbocycles. The molecule has 0 radical (unpaired) electrons. The number of halogens is 3. The van der Waals surface area contributed by atoms with Gasteiger partial charge in [-0.1, -0.05) is 34.8 Å². The van der Waals surface area contributed by atoms with Gasteiger partial charge in [0.05, 0.1) is 10.0 Å². The number of hydrogen-bond donors (Lipinski definition) is 1. The summed E-state index contributed by atoms with van der Waals surface area (Å²) >= 11 is 17.3. The highest BCUT2D eigenvalue weighted by molar-refractivity contribution is 6.42. The molecule has 0 bridgehead atoms. The van der Waals surface area contributed by atoms with Crippen LogP contribution in [-0.2, 0) is 0 Å². The standard InChI is InChI=1S/C11H6Cl3N3O/c12-7-2-1-6(3-8(7)13)11(18)17-10-4-9(14)15-5-16-10/h1-5H,(H,15,16,17,18). The molecule has 2 aromatic rings. The second-order valence-electron chi connectivity index (χ2n) is 3.31. The summed E-state index contributed by atoms with van der Waals surface area (Å²) in [6.45, 7) is 0. The highest BCUT2D eigenvalue weighted by Gasteiger charge is 2.09. The molecule has 1 heterocycles. The second-order valence-corrected chi connectivity index (χ2v) is 4.51. The van der Waals surface area contributed by atoms with E-state index in [1.54, 1.807) is 12.1 Å². The fourth-order valence-corrected chi connectivity index (χ4v) is 1.67. The lowest BCUT2D eigenvalue weighted by Crippen LogP contribution is -2.13. The van der Waals surface area contributed by atoms with Crippen molar-refractivity contribution in [2.24, 2.45) is 0 Å². The number of aromatic nitrogens is 2. The van der Waals surface area contributed by atoms with Gasteiger partial charge < -0.3 is 5.32 Å². The lowest BCUT2D eigenvalue weighted by molar-refractivity contribution is 0.102. The van der Waals surface area contributed by atoms with Gasteiger partial charge in [-0.25, -0.2) is 9.97 Å². The molecule has 7 heteroatoms. The quantitative estimate of drug-likeness (QED) is 0.861. The molecule has 2 rings (SSSR count). The molecule has 0 saturated carbocycles. The molecule has 18 heavy (non-hydrogen) atoms. The molecule has 0 aliphatic rings. The zero-order chi connectivity index (χ0) is 13.1. The molecule has 92 valence electrons. The summed E-state index contributed by atoms with van der Waals surface area (Å²) in [6, 6.07) is 6.02. The Hall–Kier alpha value is -1.36. The number of rotatable bonds is 2. The molecule has 1 aromatic carbocycles. The van der Waals surface area contributed by atoms with Gasteiger partial charge in [-0.3, -0.25) is 4.79 Å². The number of benzene rings is 1. The van der Waals surface area contributed by atoms with Crippen molar-refractivity contribution in [1.82, 2.24) is 9.97 Å². The van der Waals surface area contributed by atoms with Gasteiger partial charge in [-0.2, -0.15) is 0 Å². The molecule has 1 amide bonds. The Morgan fingerprint density at radius 2 is 1.83 bits per heavy atom. The summed E-state index contributed by atoms with van der Waals surface area (Å²) < 4.78 is 0. The van der Waals surface area contributed by atoms with E-state index < -0.39 is 0 Å². The van der Waals surface area contributed by atoms with E-state index in [1.807, 2.05) is 0 Å². The number of carbonyl (C=O) groups excluding carboxylic acids is 1. The Labute approximate surface area is 118 Å². The van der Waals surface area contributed by atoms with Crippen molar-refractivity contribution in [2.75, 3.05) is 5.32 Å². The third-order valence-electron chi connectivity index (χ3n) is 2.06. The van der Waals surface area contributed by atoms with Crippen molar-refractivity contribution in [3.8, 4) is 0 Å². The van der Waals surface area contributed by atoms with E-state index in [-0.39, 0.29) is 11.1 Å². The van der Waals surface area contributed by atoms with Crippen LogP contribution in [0.4, 0.5) is 5.82 Å². The normalized spacial score (nSPS) is 10.2. The van der Waals surface area contributed by atoms with Crippen LogP contribution in [0, 0.1) is 0 Å². The topological polar surface area (TPSA) is 54.9 Å². The summed E-state index contributed by atoms with van der Waals surface area (Å²) in [7, 11) is 0. The van der Waals surface area contributed by atoms with Crippen LogP contribution >= 0.6 is 34.8 Å². The summed E-state index contributed by atoms with van der Waals surface area (Å²) in [5.41, 5.74) is 0.374. The highest BCUT2D eigenvalue weighted by Crippen LogP contribution is 2.23. The average molecular weight is 303 g/mol. The van der Waals surface area contributed by atoms with Crippen LogP contribution in [-0.4, -0.2) is 15.9 Å². The fraction of sp³-hybridized carbons (Fsp3) is 0. The van der Waals surface area contributed by atoms with Gasteiger partial charge in [0.25, 0.3) is 5.91 Å². The van der Waals surface area contributed by atoms with Crippen LogP contribution in [0.15, 0.2) is 30.6 Å². The fourth-order valence-electron chi connectivity index (χ4n) is 1.23. The zero-order valence-corrected chi connectivity index (χ0v) is 11.1. The van der Waals surface area contributed by atoms with Crippen LogP contribution in [0.2, 0.25) is 15.2 Å². The summed E-state index contributed by atoms with van der Waals surface area (Å²) in [5, 5.41) is 3.51. The molecule has 0 fully saturated rings. The molecular formula is C11H6Cl3N3O. The Morgan fingerprint density at radius 1 is 1.06 bits per heavy atom. The first-order chi connectivity index (χ1) is 8.56. The third kappa shape index (κ3) is 3.10. The Kier molecular flexibility index (Phi) is 4.01. The molecule has 0 aliphatic heterocycles. The first-order valence-electron chi connectivity index (χ1n) is 4.80. The summed E-state index contributed by atoms with van der Waals surface area (Å²) in [6.07, 6.45) is 1.26. The first-order valence-corrected chi connectivity index (χ1v) is 5.93. The van der Waals surface area contributed by atoms with Crippen molar-refractivity contribution in [2.45, 2.75) is 0 Å². The maximum Gasteiger partial charge on any atom is 0.256 e. The van der Waals surface area contributed by atoms with Crippen molar-refractivity contribution >= 4 is 46.5 Å². The van der Waals surface area contributed by atoms with Crippen molar-refractivity contribution in [3.63, 3.8) is 0 Å². The number of nitrogens with zero attached hydrogens (tertiary/aromatic N) is 2. The van der Waals surface area contributed by atoms with Gasteiger partial charge in [0, 0.05) is 11.6 Å². The van der Waals surface area contributed by atoms with Crippen molar-refractivity contribution in [1.29, 1.82) is 0 Å². The molecule has 1 aromatic heterocycles. The average Bonchev–Trinajstić information content (AvgIpc) is 2.32. The van der Waals surface area contributed by atoms with E-state index in [9.17, 15) is 4.79 Å². The molecule has 1 N–H and O–H groups in total. The van der Waals surface area contributed by atoms with Gasteiger partial charge in [0.15, 0.2) is 0 Å². The minimum Gasteiger partial charge on any atom is -0.306 e. The van der Waals surface area contributed by atoms with Gasteiger partial charge >= 0.3 is 0 Å². The Morgan fingerprint density at radius 3 is 2.50 bits per heavy atom. The van der Waals surface area contributed by atoms with Crippen molar-refractivity contribution in [3.05, 3.63) is 51.4 Å². The lowest BCUT2D eigenvalue weighted by Gasteiger charge is -2.05. The minimum absolute atomic E-state index is 0.245. The number of carbonyl (C=O) groups is 1. The van der Waals surface area contributed by atoms with E-state index in [1.165, 1.54) is 18.5 Å². The lowest BCUT2D eigenvalue weighted by atomic mass is 10.2. The smallest absolute Gasteiger partial charge is 0.256 e. The molecule has 0 saturated heterocycles. The zero-order valence-electron chi connectivity index (χ0n) is 8.82. The van der Waals surface area contributed by atoms with Gasteiger partial charge in [-0.15, -0.1) is 0 Å². The van der Waals surface area contributed by atoms with Gasteiger partial charge in [0.1, 0.15) is 17.3 Å². The minimum atomic E-state index is -0.358. The van der Waals surface area contributed by atoms with Crippen LogP contribution in [0.5, 0.6) is 0 Å². The monoisotopic (exact) mass is 301 g/mol. The van der Waals surface area contributed by atoms with E-state index in [2.05, 4.69) is 15.3 Å².